The molecule has 6 nitrogen and oxygen atoms in total. The van der Waals surface area contributed by atoms with Gasteiger partial charge in [-0.3, -0.25) is 0 Å². The van der Waals surface area contributed by atoms with Gasteiger partial charge in [0.25, 0.3) is 5.71 Å². The number of rotatable bonds is 1. The Morgan fingerprint density at radius 3 is 2.65 bits per heavy atom. The number of para-hydroxylation sites is 1. The number of furan rings is 2. The monoisotopic (exact) mass is 339 g/mol. The minimum atomic E-state index is 0.581. The number of benzene rings is 2. The first-order valence-corrected chi connectivity index (χ1v) is 8.20. The quantitative estimate of drug-likeness (QED) is 0.424. The fraction of sp³-hybridized carbons (Fsp3) is 0. The van der Waals surface area contributed by atoms with E-state index >= 15 is 0 Å². The lowest BCUT2D eigenvalue weighted by Crippen LogP contribution is -2.34. The second-order valence-electron chi connectivity index (χ2n) is 6.10. The Hall–Kier alpha value is -3.80. The Bertz CT molecular complexity index is 1340. The number of hydrogen-bond donors (Lipinski definition) is 0. The van der Waals surface area contributed by atoms with Crippen molar-refractivity contribution in [2.24, 2.45) is 0 Å². The van der Waals surface area contributed by atoms with Crippen molar-refractivity contribution in [2.75, 3.05) is 0 Å². The van der Waals surface area contributed by atoms with Gasteiger partial charge in [-0.25, -0.2) is 9.97 Å². The highest BCUT2D eigenvalue weighted by atomic mass is 16.3. The summed E-state index contributed by atoms with van der Waals surface area (Å²) in [6.45, 7) is 0. The normalized spacial score (nSPS) is 11.8. The molecule has 6 heteroatoms. The van der Waals surface area contributed by atoms with Crippen molar-refractivity contribution in [1.29, 1.82) is 0 Å². The second kappa shape index (κ2) is 4.86. The lowest BCUT2D eigenvalue weighted by Gasteiger charge is -1.93. The highest BCUT2D eigenvalue weighted by Crippen LogP contribution is 2.28. The van der Waals surface area contributed by atoms with E-state index < -0.39 is 0 Å². The van der Waals surface area contributed by atoms with Gasteiger partial charge in [0.15, 0.2) is 0 Å². The van der Waals surface area contributed by atoms with Crippen molar-refractivity contribution in [3.63, 3.8) is 0 Å². The van der Waals surface area contributed by atoms with Crippen LogP contribution in [-0.4, -0.2) is 15.1 Å². The maximum Gasteiger partial charge on any atom is 0.293 e. The lowest BCUT2D eigenvalue weighted by molar-refractivity contribution is -0.657. The first-order valence-electron chi connectivity index (χ1n) is 8.20. The predicted octanol–water partition coefficient (Wildman–Crippen LogP) is 3.95. The molecule has 6 aromatic rings. The fourth-order valence-corrected chi connectivity index (χ4v) is 3.36. The van der Waals surface area contributed by atoms with E-state index in [0.29, 0.717) is 11.4 Å². The van der Waals surface area contributed by atoms with Gasteiger partial charge in [0.05, 0.1) is 16.8 Å². The molecule has 0 unspecified atom stereocenters. The SMILES string of the molecule is c1ccc2c(c1)oc1n[n+](-c3ccc4c(c3)oc3ncncc34)ccc12. The van der Waals surface area contributed by atoms with Crippen molar-refractivity contribution >= 4 is 44.1 Å². The van der Waals surface area contributed by atoms with E-state index in [2.05, 4.69) is 15.1 Å². The molecule has 0 radical (unpaired) electrons. The minimum Gasteiger partial charge on any atom is -0.437 e. The van der Waals surface area contributed by atoms with Gasteiger partial charge in [0.2, 0.25) is 17.6 Å². The van der Waals surface area contributed by atoms with Gasteiger partial charge in [0, 0.05) is 34.2 Å². The molecule has 0 N–H and O–H groups in total. The first-order chi connectivity index (χ1) is 12.9. The summed E-state index contributed by atoms with van der Waals surface area (Å²) in [7, 11) is 0. The third-order valence-electron chi connectivity index (χ3n) is 4.60. The molecule has 0 saturated carbocycles. The van der Waals surface area contributed by atoms with Gasteiger partial charge in [-0.05, 0) is 16.8 Å². The summed E-state index contributed by atoms with van der Waals surface area (Å²) in [5.74, 6) is 0. The van der Waals surface area contributed by atoms with Crippen molar-refractivity contribution in [3.05, 3.63) is 67.3 Å². The zero-order valence-corrected chi connectivity index (χ0v) is 13.5. The number of aromatic nitrogens is 4. The Labute approximate surface area is 146 Å². The summed E-state index contributed by atoms with van der Waals surface area (Å²) in [6.07, 6.45) is 5.17. The average Bonchev–Trinajstić information content (AvgIpc) is 3.24. The number of fused-ring (bicyclic) bond motifs is 6. The summed E-state index contributed by atoms with van der Waals surface area (Å²) < 4.78 is 13.5. The minimum absolute atomic E-state index is 0.581. The van der Waals surface area contributed by atoms with Crippen LogP contribution in [0.3, 0.4) is 0 Å². The highest BCUT2D eigenvalue weighted by molar-refractivity contribution is 6.04. The van der Waals surface area contributed by atoms with E-state index in [-0.39, 0.29) is 0 Å². The number of nitrogens with zero attached hydrogens (tertiary/aromatic N) is 4. The molecule has 0 spiro atoms. The first kappa shape index (κ1) is 13.5. The maximum absolute atomic E-state index is 5.88. The fourth-order valence-electron chi connectivity index (χ4n) is 3.36. The van der Waals surface area contributed by atoms with Gasteiger partial charge in [-0.15, -0.1) is 0 Å². The van der Waals surface area contributed by atoms with Crippen LogP contribution in [0.4, 0.5) is 0 Å². The molecule has 4 aromatic heterocycles. The second-order valence-corrected chi connectivity index (χ2v) is 6.10. The summed E-state index contributed by atoms with van der Waals surface area (Å²) in [4.78, 5) is 8.24. The Morgan fingerprint density at radius 1 is 0.769 bits per heavy atom. The topological polar surface area (TPSA) is 68.8 Å². The van der Waals surface area contributed by atoms with E-state index in [1.54, 1.807) is 10.9 Å². The molecule has 0 atom stereocenters. The molecular formula is C20H11N4O2+. The van der Waals surface area contributed by atoms with E-state index in [9.17, 15) is 0 Å². The van der Waals surface area contributed by atoms with Crippen LogP contribution in [0.15, 0.2) is 76.1 Å². The Morgan fingerprint density at radius 2 is 1.65 bits per heavy atom. The molecule has 0 aliphatic rings. The van der Waals surface area contributed by atoms with Crippen LogP contribution in [0.2, 0.25) is 0 Å². The van der Waals surface area contributed by atoms with E-state index in [1.807, 2.05) is 54.7 Å². The summed E-state index contributed by atoms with van der Waals surface area (Å²) >= 11 is 0. The van der Waals surface area contributed by atoms with Crippen LogP contribution in [0.1, 0.15) is 0 Å². The molecule has 0 bridgehead atoms. The van der Waals surface area contributed by atoms with Crippen LogP contribution in [0.5, 0.6) is 0 Å². The Kier molecular flexibility index (Phi) is 2.52. The third-order valence-corrected chi connectivity index (χ3v) is 4.60. The highest BCUT2D eigenvalue weighted by Gasteiger charge is 2.17. The lowest BCUT2D eigenvalue weighted by atomic mass is 10.2. The average molecular weight is 339 g/mol. The van der Waals surface area contributed by atoms with Gasteiger partial charge in [-0.2, -0.15) is 0 Å². The van der Waals surface area contributed by atoms with Gasteiger partial charge < -0.3 is 8.83 Å². The van der Waals surface area contributed by atoms with Crippen LogP contribution >= 0.6 is 0 Å². The van der Waals surface area contributed by atoms with Crippen molar-refractivity contribution in [3.8, 4) is 5.69 Å². The molecule has 0 fully saturated rings. The van der Waals surface area contributed by atoms with E-state index in [0.717, 1.165) is 38.4 Å². The zero-order chi connectivity index (χ0) is 17.1. The molecule has 0 amide bonds. The number of hydrogen-bond acceptors (Lipinski definition) is 5. The summed E-state index contributed by atoms with van der Waals surface area (Å²) in [5.41, 5.74) is 3.64. The zero-order valence-electron chi connectivity index (χ0n) is 13.5. The van der Waals surface area contributed by atoms with Crippen LogP contribution in [0, 0.1) is 0 Å². The van der Waals surface area contributed by atoms with Gasteiger partial charge in [-0.1, -0.05) is 18.2 Å². The molecular weight excluding hydrogens is 328 g/mol. The van der Waals surface area contributed by atoms with Crippen molar-refractivity contribution < 1.29 is 13.5 Å². The largest absolute Gasteiger partial charge is 0.437 e. The molecule has 26 heavy (non-hydrogen) atoms. The predicted molar refractivity (Wildman–Crippen MR) is 95.9 cm³/mol. The molecule has 0 aliphatic carbocycles. The van der Waals surface area contributed by atoms with Gasteiger partial charge >= 0.3 is 0 Å². The van der Waals surface area contributed by atoms with Crippen LogP contribution in [0.25, 0.3) is 49.8 Å². The summed E-state index contributed by atoms with van der Waals surface area (Å²) in [6, 6.07) is 15.9. The van der Waals surface area contributed by atoms with Gasteiger partial charge in [0.1, 0.15) is 17.5 Å². The van der Waals surface area contributed by atoms with E-state index in [1.165, 1.54) is 6.33 Å². The summed E-state index contributed by atoms with van der Waals surface area (Å²) in [5, 5.41) is 8.57. The van der Waals surface area contributed by atoms with Crippen LogP contribution < -0.4 is 4.68 Å². The molecule has 2 aromatic carbocycles. The van der Waals surface area contributed by atoms with Crippen LogP contribution in [-0.2, 0) is 0 Å². The molecule has 0 aliphatic heterocycles. The molecule has 6 rings (SSSR count). The van der Waals surface area contributed by atoms with E-state index in [4.69, 9.17) is 8.83 Å². The standard InChI is InChI=1S/C20H11N4O2/c1-2-4-17-13(3-1)15-7-8-24(23-20(15)25-17)12-5-6-14-16-10-21-11-22-19(16)26-18(14)9-12/h1-11H/q+1. The third kappa shape index (κ3) is 1.81. The molecule has 122 valence electrons. The Balaban J connectivity index is 1.57. The smallest absolute Gasteiger partial charge is 0.293 e. The van der Waals surface area contributed by atoms with Crippen molar-refractivity contribution in [2.45, 2.75) is 0 Å². The van der Waals surface area contributed by atoms with Crippen molar-refractivity contribution in [1.82, 2.24) is 15.1 Å². The molecule has 4 heterocycles. The maximum atomic E-state index is 5.88. The molecule has 0 saturated heterocycles.